The molecule has 0 spiro atoms. The molecular formula is C12H20N2O2. The number of carbonyl (C=O) groups excluding carboxylic acids is 1. The van der Waals surface area contributed by atoms with Gasteiger partial charge in [-0.2, -0.15) is 0 Å². The SMILES string of the molecule is CN(C)C.CN(C)C(=O)c1ccc(O)cc1. The molecule has 0 heterocycles. The Morgan fingerprint density at radius 3 is 1.69 bits per heavy atom. The van der Waals surface area contributed by atoms with Crippen molar-refractivity contribution in [2.45, 2.75) is 0 Å². The Morgan fingerprint density at radius 2 is 1.38 bits per heavy atom. The van der Waals surface area contributed by atoms with E-state index >= 15 is 0 Å². The molecule has 0 unspecified atom stereocenters. The molecule has 1 aromatic carbocycles. The molecule has 1 aromatic rings. The number of phenols is 1. The summed E-state index contributed by atoms with van der Waals surface area (Å²) in [5.41, 5.74) is 0.581. The topological polar surface area (TPSA) is 43.8 Å². The van der Waals surface area contributed by atoms with Gasteiger partial charge in [0, 0.05) is 19.7 Å². The number of rotatable bonds is 1. The number of carbonyl (C=O) groups is 1. The second-order valence-corrected chi connectivity index (χ2v) is 4.09. The lowest BCUT2D eigenvalue weighted by atomic mass is 10.2. The number of benzene rings is 1. The number of phenolic OH excluding ortho intramolecular Hbond substituents is 1. The van der Waals surface area contributed by atoms with Crippen molar-refractivity contribution in [2.24, 2.45) is 0 Å². The van der Waals surface area contributed by atoms with Crippen LogP contribution in [0.4, 0.5) is 0 Å². The summed E-state index contributed by atoms with van der Waals surface area (Å²) < 4.78 is 0. The summed E-state index contributed by atoms with van der Waals surface area (Å²) in [5, 5.41) is 8.95. The highest BCUT2D eigenvalue weighted by Gasteiger charge is 2.06. The van der Waals surface area contributed by atoms with Crippen LogP contribution in [-0.2, 0) is 0 Å². The van der Waals surface area contributed by atoms with Gasteiger partial charge in [0.15, 0.2) is 0 Å². The van der Waals surface area contributed by atoms with Gasteiger partial charge in [-0.05, 0) is 45.4 Å². The second kappa shape index (κ2) is 6.85. The fraction of sp³-hybridized carbons (Fsp3) is 0.417. The van der Waals surface area contributed by atoms with Gasteiger partial charge in [-0.3, -0.25) is 4.79 Å². The number of amides is 1. The van der Waals surface area contributed by atoms with Crippen LogP contribution in [0, 0.1) is 0 Å². The lowest BCUT2D eigenvalue weighted by Gasteiger charge is -2.09. The van der Waals surface area contributed by atoms with Crippen molar-refractivity contribution in [1.82, 2.24) is 9.80 Å². The van der Waals surface area contributed by atoms with E-state index in [1.54, 1.807) is 26.2 Å². The molecule has 0 aromatic heterocycles. The van der Waals surface area contributed by atoms with E-state index in [0.29, 0.717) is 5.56 Å². The van der Waals surface area contributed by atoms with Gasteiger partial charge in [0.1, 0.15) is 5.75 Å². The minimum Gasteiger partial charge on any atom is -0.508 e. The quantitative estimate of drug-likeness (QED) is 0.781. The Morgan fingerprint density at radius 1 is 1.00 bits per heavy atom. The van der Waals surface area contributed by atoms with Crippen LogP contribution in [0.25, 0.3) is 0 Å². The van der Waals surface area contributed by atoms with Gasteiger partial charge in [-0.25, -0.2) is 0 Å². The predicted molar refractivity (Wildman–Crippen MR) is 65.7 cm³/mol. The van der Waals surface area contributed by atoms with E-state index in [4.69, 9.17) is 5.11 Å². The third-order valence-corrected chi connectivity index (χ3v) is 1.52. The van der Waals surface area contributed by atoms with Gasteiger partial charge in [-0.15, -0.1) is 0 Å². The molecule has 0 aliphatic heterocycles. The van der Waals surface area contributed by atoms with Gasteiger partial charge >= 0.3 is 0 Å². The molecule has 1 N–H and O–H groups in total. The Balaban J connectivity index is 0.000000487. The lowest BCUT2D eigenvalue weighted by molar-refractivity contribution is 0.0827. The van der Waals surface area contributed by atoms with E-state index in [1.165, 1.54) is 17.0 Å². The van der Waals surface area contributed by atoms with Crippen molar-refractivity contribution in [3.8, 4) is 5.75 Å². The largest absolute Gasteiger partial charge is 0.508 e. The molecule has 0 saturated carbocycles. The normalized spacial score (nSPS) is 9.38. The van der Waals surface area contributed by atoms with Crippen molar-refractivity contribution in [3.63, 3.8) is 0 Å². The molecule has 4 nitrogen and oxygen atoms in total. The maximum absolute atomic E-state index is 11.3. The van der Waals surface area contributed by atoms with Crippen LogP contribution < -0.4 is 0 Å². The standard InChI is InChI=1S/C9H11NO2.C3H9N/c1-10(2)9(12)7-3-5-8(11)6-4-7;1-4(2)3/h3-6,11H,1-2H3;1-3H3. The monoisotopic (exact) mass is 224 g/mol. The summed E-state index contributed by atoms with van der Waals surface area (Å²) in [6, 6.07) is 6.18. The zero-order chi connectivity index (χ0) is 12.7. The van der Waals surface area contributed by atoms with Crippen LogP contribution in [0.5, 0.6) is 5.75 Å². The van der Waals surface area contributed by atoms with Crippen LogP contribution in [0.3, 0.4) is 0 Å². The summed E-state index contributed by atoms with van der Waals surface area (Å²) in [5.74, 6) is 0.111. The average Bonchev–Trinajstić information content (AvgIpc) is 2.17. The third-order valence-electron chi connectivity index (χ3n) is 1.52. The smallest absolute Gasteiger partial charge is 0.253 e. The van der Waals surface area contributed by atoms with Crippen molar-refractivity contribution < 1.29 is 9.90 Å². The van der Waals surface area contributed by atoms with Gasteiger partial charge in [0.2, 0.25) is 0 Å². The highest BCUT2D eigenvalue weighted by atomic mass is 16.3. The third kappa shape index (κ3) is 6.03. The first kappa shape index (κ1) is 14.5. The molecule has 0 atom stereocenters. The number of nitrogens with zero attached hydrogens (tertiary/aromatic N) is 2. The predicted octanol–water partition coefficient (Wildman–Crippen LogP) is 1.27. The van der Waals surface area contributed by atoms with Gasteiger partial charge < -0.3 is 14.9 Å². The number of hydrogen-bond acceptors (Lipinski definition) is 3. The van der Waals surface area contributed by atoms with E-state index < -0.39 is 0 Å². The zero-order valence-corrected chi connectivity index (χ0v) is 10.6. The maximum atomic E-state index is 11.3. The minimum atomic E-state index is -0.0602. The molecule has 90 valence electrons. The highest BCUT2D eigenvalue weighted by Crippen LogP contribution is 2.10. The second-order valence-electron chi connectivity index (χ2n) is 4.09. The summed E-state index contributed by atoms with van der Waals surface area (Å²) in [4.78, 5) is 14.8. The van der Waals surface area contributed by atoms with Crippen LogP contribution >= 0.6 is 0 Å². The molecule has 0 bridgehead atoms. The van der Waals surface area contributed by atoms with Crippen LogP contribution in [-0.4, -0.2) is 56.1 Å². The van der Waals surface area contributed by atoms with Gasteiger partial charge in [0.05, 0.1) is 0 Å². The Bertz CT molecular complexity index is 316. The van der Waals surface area contributed by atoms with Crippen molar-refractivity contribution in [2.75, 3.05) is 35.2 Å². The first-order valence-corrected chi connectivity index (χ1v) is 4.96. The molecular weight excluding hydrogens is 204 g/mol. The number of hydrogen-bond donors (Lipinski definition) is 1. The molecule has 0 radical (unpaired) electrons. The fourth-order valence-electron chi connectivity index (χ4n) is 0.862. The summed E-state index contributed by atoms with van der Waals surface area (Å²) in [6.45, 7) is 0. The number of aromatic hydroxyl groups is 1. The van der Waals surface area contributed by atoms with E-state index in [1.807, 2.05) is 26.0 Å². The average molecular weight is 224 g/mol. The molecule has 0 aliphatic carbocycles. The molecule has 1 amide bonds. The van der Waals surface area contributed by atoms with Crippen molar-refractivity contribution in [3.05, 3.63) is 29.8 Å². The summed E-state index contributed by atoms with van der Waals surface area (Å²) >= 11 is 0. The first-order valence-electron chi connectivity index (χ1n) is 4.96. The van der Waals surface area contributed by atoms with E-state index in [9.17, 15) is 4.79 Å². The van der Waals surface area contributed by atoms with E-state index in [-0.39, 0.29) is 11.7 Å². The molecule has 0 saturated heterocycles. The molecule has 16 heavy (non-hydrogen) atoms. The molecule has 0 fully saturated rings. The van der Waals surface area contributed by atoms with Crippen molar-refractivity contribution >= 4 is 5.91 Å². The molecule has 0 aliphatic rings. The Kier molecular flexibility index (Phi) is 6.18. The summed E-state index contributed by atoms with van der Waals surface area (Å²) in [6.07, 6.45) is 0. The Labute approximate surface area is 97.1 Å². The van der Waals surface area contributed by atoms with E-state index in [2.05, 4.69) is 0 Å². The molecule has 1 rings (SSSR count). The highest BCUT2D eigenvalue weighted by molar-refractivity contribution is 5.93. The van der Waals surface area contributed by atoms with E-state index in [0.717, 1.165) is 0 Å². The van der Waals surface area contributed by atoms with Gasteiger partial charge in [0.25, 0.3) is 5.91 Å². The Hall–Kier alpha value is -1.55. The zero-order valence-electron chi connectivity index (χ0n) is 10.6. The van der Waals surface area contributed by atoms with Crippen LogP contribution in [0.2, 0.25) is 0 Å². The fourth-order valence-corrected chi connectivity index (χ4v) is 0.862. The molecule has 4 heteroatoms. The summed E-state index contributed by atoms with van der Waals surface area (Å²) in [7, 11) is 9.38. The van der Waals surface area contributed by atoms with Gasteiger partial charge in [-0.1, -0.05) is 0 Å². The van der Waals surface area contributed by atoms with Crippen molar-refractivity contribution in [1.29, 1.82) is 0 Å². The maximum Gasteiger partial charge on any atom is 0.253 e. The van der Waals surface area contributed by atoms with Crippen LogP contribution in [0.15, 0.2) is 24.3 Å². The lowest BCUT2D eigenvalue weighted by Crippen LogP contribution is -2.21. The minimum absolute atomic E-state index is 0.0602. The first-order chi connectivity index (χ1) is 7.34. The van der Waals surface area contributed by atoms with Crippen LogP contribution in [0.1, 0.15) is 10.4 Å².